The van der Waals surface area contributed by atoms with Crippen molar-refractivity contribution in [2.24, 2.45) is 0 Å². The third-order valence-electron chi connectivity index (χ3n) is 4.49. The van der Waals surface area contributed by atoms with Crippen LogP contribution in [0.5, 0.6) is 0 Å². The number of nitrogens with one attached hydrogen (secondary N) is 1. The molecular formula is C18H15FN2O4S. The fourth-order valence-electron chi connectivity index (χ4n) is 2.98. The van der Waals surface area contributed by atoms with Crippen LogP contribution in [0.1, 0.15) is 39.1 Å². The summed E-state index contributed by atoms with van der Waals surface area (Å²) in [5.74, 6) is -1.51. The lowest BCUT2D eigenvalue weighted by molar-refractivity contribution is 0.0863. The van der Waals surface area contributed by atoms with E-state index in [9.17, 15) is 22.4 Å². The van der Waals surface area contributed by atoms with Crippen molar-refractivity contribution in [1.29, 1.82) is 0 Å². The highest BCUT2D eigenvalue weighted by Crippen LogP contribution is 2.39. The van der Waals surface area contributed by atoms with E-state index in [0.717, 1.165) is 4.31 Å². The first-order valence-electron chi connectivity index (χ1n) is 8.14. The maximum Gasteiger partial charge on any atom is 0.269 e. The normalized spacial score (nSPS) is 17.9. The lowest BCUT2D eigenvalue weighted by atomic mass is 10.1. The molecule has 8 heteroatoms. The molecule has 4 rings (SSSR count). The van der Waals surface area contributed by atoms with Crippen molar-refractivity contribution in [2.45, 2.75) is 30.3 Å². The van der Waals surface area contributed by atoms with Crippen LogP contribution in [0.3, 0.4) is 0 Å². The van der Waals surface area contributed by atoms with Crippen LogP contribution < -0.4 is 5.32 Å². The average Bonchev–Trinajstić information content (AvgIpc) is 3.42. The number of fused-ring (bicyclic) bond motifs is 1. The van der Waals surface area contributed by atoms with E-state index >= 15 is 0 Å². The maximum absolute atomic E-state index is 13.6. The molecule has 0 saturated heterocycles. The highest BCUT2D eigenvalue weighted by atomic mass is 32.2. The molecule has 1 fully saturated rings. The van der Waals surface area contributed by atoms with Crippen LogP contribution in [-0.4, -0.2) is 30.6 Å². The van der Waals surface area contributed by atoms with Crippen molar-refractivity contribution in [1.82, 2.24) is 9.62 Å². The minimum absolute atomic E-state index is 0.0253. The van der Waals surface area contributed by atoms with E-state index in [0.29, 0.717) is 18.4 Å². The summed E-state index contributed by atoms with van der Waals surface area (Å²) in [5.41, 5.74) is 0.515. The highest BCUT2D eigenvalue weighted by molar-refractivity contribution is 7.90. The van der Waals surface area contributed by atoms with Gasteiger partial charge in [-0.25, -0.2) is 17.1 Å². The Labute approximate surface area is 149 Å². The fourth-order valence-corrected chi connectivity index (χ4v) is 4.82. The molecule has 2 amide bonds. The summed E-state index contributed by atoms with van der Waals surface area (Å²) in [7, 11) is -3.92. The summed E-state index contributed by atoms with van der Waals surface area (Å²) in [6, 6.07) is 9.74. The lowest BCUT2D eigenvalue weighted by Gasteiger charge is -2.13. The number of sulfonamides is 1. The second kappa shape index (κ2) is 5.91. The second-order valence-electron chi connectivity index (χ2n) is 6.32. The van der Waals surface area contributed by atoms with Crippen LogP contribution in [0.2, 0.25) is 0 Å². The van der Waals surface area contributed by atoms with Crippen LogP contribution >= 0.6 is 0 Å². The SMILES string of the molecule is O=C(NCc1ccccc1F)c1ccc2c(c1)S(=O)(=O)N(C1CC1)C2=O. The van der Waals surface area contributed by atoms with Crippen molar-refractivity contribution >= 4 is 21.8 Å². The van der Waals surface area contributed by atoms with Gasteiger partial charge < -0.3 is 5.32 Å². The summed E-state index contributed by atoms with van der Waals surface area (Å²) in [5, 5.41) is 2.56. The Kier molecular flexibility index (Phi) is 3.80. The molecule has 2 aromatic carbocycles. The Hall–Kier alpha value is -2.74. The first-order valence-corrected chi connectivity index (χ1v) is 9.58. The number of halogens is 1. The molecule has 2 aliphatic rings. The molecule has 26 heavy (non-hydrogen) atoms. The molecule has 1 saturated carbocycles. The summed E-state index contributed by atoms with van der Waals surface area (Å²) in [4.78, 5) is 24.5. The number of hydrogen-bond donors (Lipinski definition) is 1. The average molecular weight is 374 g/mol. The van der Waals surface area contributed by atoms with Crippen LogP contribution in [0.15, 0.2) is 47.4 Å². The molecule has 1 aliphatic carbocycles. The monoisotopic (exact) mass is 374 g/mol. The van der Waals surface area contributed by atoms with Crippen LogP contribution in [0.25, 0.3) is 0 Å². The predicted molar refractivity (Wildman–Crippen MR) is 90.4 cm³/mol. The van der Waals surface area contributed by atoms with Gasteiger partial charge in [0.1, 0.15) is 10.7 Å². The Morgan fingerprint density at radius 3 is 2.62 bits per heavy atom. The largest absolute Gasteiger partial charge is 0.348 e. The number of rotatable bonds is 4. The van der Waals surface area contributed by atoms with Gasteiger partial charge in [0.05, 0.1) is 5.56 Å². The van der Waals surface area contributed by atoms with E-state index in [2.05, 4.69) is 5.32 Å². The van der Waals surface area contributed by atoms with Gasteiger partial charge in [-0.2, -0.15) is 0 Å². The number of hydrogen-bond acceptors (Lipinski definition) is 4. The zero-order valence-electron chi connectivity index (χ0n) is 13.6. The maximum atomic E-state index is 13.6. The summed E-state index contributed by atoms with van der Waals surface area (Å²) in [6.07, 6.45) is 1.32. The van der Waals surface area contributed by atoms with Crippen LogP contribution in [0, 0.1) is 5.82 Å². The molecule has 0 unspecified atom stereocenters. The topological polar surface area (TPSA) is 83.6 Å². The van der Waals surface area contributed by atoms with Gasteiger partial charge in [-0.3, -0.25) is 9.59 Å². The molecule has 0 atom stereocenters. The molecule has 0 aromatic heterocycles. The van der Waals surface area contributed by atoms with Gasteiger partial charge in [0.2, 0.25) is 0 Å². The Bertz CT molecular complexity index is 1030. The minimum Gasteiger partial charge on any atom is -0.348 e. The number of benzene rings is 2. The molecule has 1 aliphatic heterocycles. The quantitative estimate of drug-likeness (QED) is 0.888. The van der Waals surface area contributed by atoms with Crippen LogP contribution in [-0.2, 0) is 16.6 Å². The molecule has 0 radical (unpaired) electrons. The zero-order valence-corrected chi connectivity index (χ0v) is 14.4. The van der Waals surface area contributed by atoms with Gasteiger partial charge in [-0.05, 0) is 37.1 Å². The molecule has 1 heterocycles. The Morgan fingerprint density at radius 1 is 1.19 bits per heavy atom. The van der Waals surface area contributed by atoms with Crippen LogP contribution in [0.4, 0.5) is 4.39 Å². The first-order chi connectivity index (χ1) is 12.4. The van der Waals surface area contributed by atoms with E-state index in [-0.39, 0.29) is 28.6 Å². The van der Waals surface area contributed by atoms with Crippen molar-refractivity contribution in [3.8, 4) is 0 Å². The van der Waals surface area contributed by atoms with Crippen molar-refractivity contribution < 1.29 is 22.4 Å². The number of amides is 2. The third kappa shape index (κ3) is 2.66. The van der Waals surface area contributed by atoms with Crippen molar-refractivity contribution in [2.75, 3.05) is 0 Å². The molecule has 2 aromatic rings. The van der Waals surface area contributed by atoms with Gasteiger partial charge in [0.15, 0.2) is 0 Å². The van der Waals surface area contributed by atoms with E-state index in [1.54, 1.807) is 18.2 Å². The predicted octanol–water partition coefficient (Wildman–Crippen LogP) is 2.06. The highest BCUT2D eigenvalue weighted by Gasteiger charge is 2.48. The van der Waals surface area contributed by atoms with Crippen molar-refractivity contribution in [3.63, 3.8) is 0 Å². The molecule has 0 bridgehead atoms. The summed E-state index contributed by atoms with van der Waals surface area (Å²) >= 11 is 0. The molecule has 0 spiro atoms. The van der Waals surface area contributed by atoms with Gasteiger partial charge in [0, 0.05) is 23.7 Å². The first kappa shape index (κ1) is 16.7. The van der Waals surface area contributed by atoms with E-state index in [1.807, 2.05) is 0 Å². The number of nitrogens with zero attached hydrogens (tertiary/aromatic N) is 1. The summed E-state index contributed by atoms with van der Waals surface area (Å²) in [6.45, 7) is -0.0253. The van der Waals surface area contributed by atoms with Gasteiger partial charge in [-0.15, -0.1) is 0 Å². The summed E-state index contributed by atoms with van der Waals surface area (Å²) < 4.78 is 39.7. The second-order valence-corrected chi connectivity index (χ2v) is 8.11. The Balaban J connectivity index is 1.58. The van der Waals surface area contributed by atoms with Gasteiger partial charge in [-0.1, -0.05) is 18.2 Å². The Morgan fingerprint density at radius 2 is 1.92 bits per heavy atom. The van der Waals surface area contributed by atoms with E-state index in [4.69, 9.17) is 0 Å². The molecule has 6 nitrogen and oxygen atoms in total. The standard InChI is InChI=1S/C18H15FN2O4S/c19-15-4-2-1-3-12(15)10-20-17(22)11-5-8-14-16(9-11)26(24,25)21(18(14)23)13-6-7-13/h1-5,8-9,13H,6-7,10H2,(H,20,22). The number of carbonyl (C=O) groups is 2. The number of carbonyl (C=O) groups excluding carboxylic acids is 2. The van der Waals surface area contributed by atoms with E-state index < -0.39 is 27.7 Å². The molecular weight excluding hydrogens is 359 g/mol. The molecule has 1 N–H and O–H groups in total. The van der Waals surface area contributed by atoms with Crippen molar-refractivity contribution in [3.05, 3.63) is 65.0 Å². The van der Waals surface area contributed by atoms with Gasteiger partial charge in [0.25, 0.3) is 21.8 Å². The zero-order chi connectivity index (χ0) is 18.5. The van der Waals surface area contributed by atoms with E-state index in [1.165, 1.54) is 24.3 Å². The lowest BCUT2D eigenvalue weighted by Crippen LogP contribution is -2.32. The smallest absolute Gasteiger partial charge is 0.269 e. The molecule has 134 valence electrons. The fraction of sp³-hybridized carbons (Fsp3) is 0.222. The minimum atomic E-state index is -3.92. The third-order valence-corrected chi connectivity index (χ3v) is 6.36. The van der Waals surface area contributed by atoms with Gasteiger partial charge >= 0.3 is 0 Å².